The van der Waals surface area contributed by atoms with Crippen LogP contribution in [0.2, 0.25) is 0 Å². The van der Waals surface area contributed by atoms with Crippen molar-refractivity contribution in [2.24, 2.45) is 24.1 Å². The quantitative estimate of drug-likeness (QED) is 0.310. The van der Waals surface area contributed by atoms with Crippen molar-refractivity contribution in [1.82, 2.24) is 0 Å². The van der Waals surface area contributed by atoms with Crippen LogP contribution in [-0.4, -0.2) is 40.1 Å². The molecular weight excluding hydrogens is 298 g/mol. The Labute approximate surface area is 139 Å². The smallest absolute Gasteiger partial charge is 0.113 e. The van der Waals surface area contributed by atoms with Gasteiger partial charge in [-0.25, -0.2) is 13.7 Å². The molecule has 0 rings (SSSR count). The Balaban J connectivity index is -0.0000000986. The molecule has 0 aromatic carbocycles. The van der Waals surface area contributed by atoms with Gasteiger partial charge in [-0.3, -0.25) is 4.99 Å². The van der Waals surface area contributed by atoms with Crippen molar-refractivity contribution >= 4 is 45.2 Å². The Morgan fingerprint density at radius 2 is 1.18 bits per heavy atom. The fourth-order valence-electron chi connectivity index (χ4n) is 0.476. The van der Waals surface area contributed by atoms with E-state index in [1.165, 1.54) is 0 Å². The van der Waals surface area contributed by atoms with E-state index in [0.29, 0.717) is 0 Å². The monoisotopic (exact) mass is 325 g/mol. The van der Waals surface area contributed by atoms with E-state index in [0.717, 1.165) is 12.1 Å². The van der Waals surface area contributed by atoms with E-state index < -0.39 is 0 Å². The second kappa shape index (κ2) is 42.8. The van der Waals surface area contributed by atoms with Crippen molar-refractivity contribution in [2.45, 2.75) is 20.8 Å². The first-order valence-corrected chi connectivity index (χ1v) is 6.83. The average Bonchev–Trinajstić information content (AvgIpc) is 2.54. The van der Waals surface area contributed by atoms with Crippen LogP contribution in [0.3, 0.4) is 0 Å². The predicted octanol–water partition coefficient (Wildman–Crippen LogP) is 4.59. The third-order valence-corrected chi connectivity index (χ3v) is 1.39. The lowest BCUT2D eigenvalue weighted by atomic mass is 10.5. The summed E-state index contributed by atoms with van der Waals surface area (Å²) in [4.78, 5) is 7.57. The molecule has 7 heteroatoms. The number of allylic oxidation sites excluding steroid dienone is 6. The highest BCUT2D eigenvalue weighted by Gasteiger charge is 1.53. The minimum Gasteiger partial charge on any atom is -0.297 e. The normalized spacial score (nSPS) is 9.09. The van der Waals surface area contributed by atoms with E-state index in [-0.39, 0.29) is 0 Å². The number of rotatable bonds is 6. The van der Waals surface area contributed by atoms with Gasteiger partial charge < -0.3 is 0 Å². The second-order valence-electron chi connectivity index (χ2n) is 2.66. The topological polar surface area (TPSA) is 71.0 Å². The fourth-order valence-corrected chi connectivity index (χ4v) is 0.558. The molecule has 0 aromatic heterocycles. The zero-order valence-corrected chi connectivity index (χ0v) is 14.7. The van der Waals surface area contributed by atoms with Crippen LogP contribution in [0, 0.1) is 0 Å². The highest BCUT2D eigenvalue weighted by molar-refractivity contribution is 7.96. The third-order valence-electron chi connectivity index (χ3n) is 1.15. The summed E-state index contributed by atoms with van der Waals surface area (Å²) in [5, 5.41) is 5.75. The highest BCUT2D eigenvalue weighted by Crippen LogP contribution is 1.95. The van der Waals surface area contributed by atoms with Crippen LogP contribution in [0.1, 0.15) is 20.8 Å². The number of oxime groups is 2. The van der Waals surface area contributed by atoms with Crippen molar-refractivity contribution in [3.05, 3.63) is 36.5 Å². The van der Waals surface area contributed by atoms with Crippen molar-refractivity contribution < 1.29 is 4.94 Å². The molecule has 0 N–H and O–H groups in total. The Morgan fingerprint density at radius 3 is 1.27 bits per heavy atom. The minimum atomic E-state index is 0.991. The molecule has 124 valence electrons. The van der Waals surface area contributed by atoms with Gasteiger partial charge in [0.1, 0.15) is 12.1 Å². The Hall–Kier alpha value is -2.28. The first-order chi connectivity index (χ1) is 10.7. The lowest BCUT2D eigenvalue weighted by molar-refractivity contribution is 0.161. The summed E-state index contributed by atoms with van der Waals surface area (Å²) in [6.07, 6.45) is 13.6. The lowest BCUT2D eigenvalue weighted by Gasteiger charge is -1.71. The summed E-state index contributed by atoms with van der Waals surface area (Å²) in [5.41, 5.74) is 0. The molecule has 0 heterocycles. The van der Waals surface area contributed by atoms with E-state index in [1.54, 1.807) is 13.3 Å². The molecule has 0 bridgehead atoms. The van der Waals surface area contributed by atoms with Crippen molar-refractivity contribution in [1.29, 1.82) is 0 Å². The van der Waals surface area contributed by atoms with Gasteiger partial charge in [0, 0.05) is 40.1 Å². The van der Waals surface area contributed by atoms with Crippen LogP contribution in [0.15, 0.2) is 60.6 Å². The van der Waals surface area contributed by atoms with Gasteiger partial charge >= 0.3 is 0 Å². The number of aliphatic imine (C=N–C) groups is 1. The van der Waals surface area contributed by atoms with Crippen LogP contribution in [0.5, 0.6) is 0 Å². The maximum atomic E-state index is 3.86. The van der Waals surface area contributed by atoms with Gasteiger partial charge in [0.25, 0.3) is 0 Å². The van der Waals surface area contributed by atoms with Crippen LogP contribution < -0.4 is 0 Å². The van der Waals surface area contributed by atoms with E-state index in [9.17, 15) is 0 Å². The Kier molecular flexibility index (Phi) is 54.4. The molecule has 22 heavy (non-hydrogen) atoms. The molecule has 6 nitrogen and oxygen atoms in total. The second-order valence-corrected chi connectivity index (χ2v) is 3.34. The lowest BCUT2D eigenvalue weighted by Crippen LogP contribution is -1.56. The zero-order chi connectivity index (χ0) is 17.9. The molecule has 0 aliphatic carbocycles. The number of nitrogens with zero attached hydrogens (tertiary/aromatic N) is 5. The van der Waals surface area contributed by atoms with Gasteiger partial charge in [0.2, 0.25) is 0 Å². The molecule has 0 fully saturated rings. The van der Waals surface area contributed by atoms with Gasteiger partial charge in [-0.05, 0) is 26.8 Å². The van der Waals surface area contributed by atoms with Gasteiger partial charge in [-0.2, -0.15) is 0 Å². The third kappa shape index (κ3) is 83.1. The van der Waals surface area contributed by atoms with E-state index >= 15 is 0 Å². The molecule has 0 aliphatic rings. The molecule has 0 atom stereocenters. The molecule has 0 unspecified atom stereocenters. The molecule has 0 amide bonds. The summed E-state index contributed by atoms with van der Waals surface area (Å²) in [6.45, 7) is 18.1. The first kappa shape index (κ1) is 28.0. The van der Waals surface area contributed by atoms with Gasteiger partial charge in [-0.1, -0.05) is 40.7 Å². The minimum absolute atomic E-state index is 0.991. The maximum Gasteiger partial charge on any atom is 0.113 e. The van der Waals surface area contributed by atoms with Gasteiger partial charge in [0.05, 0.1) is 0 Å². The molecule has 0 saturated heterocycles. The van der Waals surface area contributed by atoms with E-state index in [4.69, 9.17) is 0 Å². The number of hydrogen-bond acceptors (Lipinski definition) is 7. The van der Waals surface area contributed by atoms with E-state index in [2.05, 4.69) is 55.9 Å². The molecule has 0 aliphatic heterocycles. The van der Waals surface area contributed by atoms with Gasteiger partial charge in [0.15, 0.2) is 0 Å². The fraction of sp³-hybridized carbons (Fsp3) is 0.267. The Morgan fingerprint density at radius 1 is 0.773 bits per heavy atom. The predicted molar refractivity (Wildman–Crippen MR) is 106 cm³/mol. The first-order valence-electron chi connectivity index (χ1n) is 6.10. The molecule has 0 radical (unpaired) electrons. The van der Waals surface area contributed by atoms with Crippen LogP contribution in [0.25, 0.3) is 0 Å². The molecule has 0 aromatic rings. The zero-order valence-electron chi connectivity index (χ0n) is 13.9. The van der Waals surface area contributed by atoms with Crippen LogP contribution in [-0.2, 0) is 4.94 Å². The van der Waals surface area contributed by atoms with Crippen LogP contribution >= 0.6 is 12.1 Å². The maximum absolute atomic E-state index is 3.86. The van der Waals surface area contributed by atoms with Crippen molar-refractivity contribution in [2.75, 3.05) is 7.05 Å². The standard InChI is InChI=1S/C6H10.C5H9N.C2H4N2O.C2H4N2S/c1-3-5-6-4-2;1-3-4-5-6-2;2*1-3-5-4-2/h3-6H,1-2H3;3-5H,1-2H3;2*1-2H2/b5-3-,6-4-;4-3-,6-5?;;. The largest absolute Gasteiger partial charge is 0.297 e. The summed E-state index contributed by atoms with van der Waals surface area (Å²) >= 11 is 0.991. The molecule has 0 saturated carbocycles. The van der Waals surface area contributed by atoms with Gasteiger partial charge in [-0.15, -0.1) is 0 Å². The van der Waals surface area contributed by atoms with E-state index in [1.807, 2.05) is 57.2 Å². The molecular formula is C15H27N5OS. The van der Waals surface area contributed by atoms with Crippen molar-refractivity contribution in [3.8, 4) is 0 Å². The van der Waals surface area contributed by atoms with Crippen LogP contribution in [0.4, 0.5) is 0 Å². The average molecular weight is 325 g/mol. The number of hydrogen-bond donors (Lipinski definition) is 0. The summed E-state index contributed by atoms with van der Waals surface area (Å²) < 4.78 is 6.58. The summed E-state index contributed by atoms with van der Waals surface area (Å²) in [7, 11) is 1.75. The SMILES string of the molecule is C/C=C\C=C/C.C/C=C\C=NC.C=NON=C.C=NSN=C. The summed E-state index contributed by atoms with van der Waals surface area (Å²) in [6, 6.07) is 0. The summed E-state index contributed by atoms with van der Waals surface area (Å²) in [5.74, 6) is 0. The Bertz CT molecular complexity index is 284. The highest BCUT2D eigenvalue weighted by atomic mass is 32.2. The van der Waals surface area contributed by atoms with Crippen molar-refractivity contribution in [3.63, 3.8) is 0 Å². The molecule has 0 spiro atoms.